The average molecular weight is 311 g/mol. The third kappa shape index (κ3) is 3.35. The highest BCUT2D eigenvalue weighted by Crippen LogP contribution is 2.21. The summed E-state index contributed by atoms with van der Waals surface area (Å²) >= 11 is 5.46. The van der Waals surface area contributed by atoms with Crippen LogP contribution >= 0.6 is 24.0 Å². The molecule has 1 heterocycles. The van der Waals surface area contributed by atoms with Crippen LogP contribution in [-0.2, 0) is 0 Å². The van der Waals surface area contributed by atoms with Crippen LogP contribution in [0.25, 0.3) is 0 Å². The highest BCUT2D eigenvalue weighted by atomic mass is 35.5. The van der Waals surface area contributed by atoms with Crippen LogP contribution in [0.5, 0.6) is 0 Å². The third-order valence-corrected chi connectivity index (χ3v) is 3.29. The Morgan fingerprint density at radius 3 is 2.74 bits per heavy atom. The highest BCUT2D eigenvalue weighted by Gasteiger charge is 2.26. The molecular formula is C12H14Cl2F2N2O. The molecule has 0 saturated carbocycles. The predicted octanol–water partition coefficient (Wildman–Crippen LogP) is 2.47. The van der Waals surface area contributed by atoms with Crippen molar-refractivity contribution in [1.29, 1.82) is 0 Å². The number of carbonyl (C=O) groups is 1. The van der Waals surface area contributed by atoms with Gasteiger partial charge in [-0.15, -0.1) is 12.4 Å². The summed E-state index contributed by atoms with van der Waals surface area (Å²) in [6, 6.07) is 1.63. The third-order valence-electron chi connectivity index (χ3n) is 3.00. The maximum Gasteiger partial charge on any atom is 0.257 e. The monoisotopic (exact) mass is 310 g/mol. The molecule has 1 atom stereocenters. The van der Waals surface area contributed by atoms with Crippen molar-refractivity contribution in [3.05, 3.63) is 34.4 Å². The molecule has 106 valence electrons. The molecule has 0 bridgehead atoms. The van der Waals surface area contributed by atoms with E-state index in [-0.39, 0.29) is 29.0 Å². The Hall–Kier alpha value is -0.910. The lowest BCUT2D eigenvalue weighted by atomic mass is 10.1. The minimum absolute atomic E-state index is 0. The van der Waals surface area contributed by atoms with E-state index in [4.69, 9.17) is 11.6 Å². The van der Waals surface area contributed by atoms with Crippen LogP contribution in [0.3, 0.4) is 0 Å². The maximum absolute atomic E-state index is 13.6. The van der Waals surface area contributed by atoms with Crippen molar-refractivity contribution in [3.63, 3.8) is 0 Å². The number of carbonyl (C=O) groups excluding carboxylic acids is 1. The Morgan fingerprint density at radius 2 is 2.11 bits per heavy atom. The zero-order valence-corrected chi connectivity index (χ0v) is 11.8. The van der Waals surface area contributed by atoms with Gasteiger partial charge in [0.15, 0.2) is 0 Å². The zero-order valence-electron chi connectivity index (χ0n) is 10.3. The van der Waals surface area contributed by atoms with Crippen molar-refractivity contribution in [2.45, 2.75) is 13.0 Å². The normalized spacial score (nSPS) is 18.9. The molecule has 1 aliphatic heterocycles. The predicted molar refractivity (Wildman–Crippen MR) is 72.0 cm³/mol. The smallest absolute Gasteiger partial charge is 0.257 e. The summed E-state index contributed by atoms with van der Waals surface area (Å²) in [7, 11) is 0. The number of nitrogens with one attached hydrogen (secondary N) is 1. The molecule has 7 heteroatoms. The molecule has 0 radical (unpaired) electrons. The molecule has 1 unspecified atom stereocenters. The zero-order chi connectivity index (χ0) is 13.3. The number of halogens is 4. The first kappa shape index (κ1) is 16.1. The summed E-state index contributed by atoms with van der Waals surface area (Å²) in [5, 5.41) is 2.80. The van der Waals surface area contributed by atoms with E-state index in [1.165, 1.54) is 4.90 Å². The van der Waals surface area contributed by atoms with E-state index in [9.17, 15) is 13.6 Å². The van der Waals surface area contributed by atoms with Gasteiger partial charge in [0.2, 0.25) is 0 Å². The summed E-state index contributed by atoms with van der Waals surface area (Å²) in [6.45, 7) is 3.62. The summed E-state index contributed by atoms with van der Waals surface area (Å²) in [4.78, 5) is 13.7. The van der Waals surface area contributed by atoms with Gasteiger partial charge in [-0.2, -0.15) is 0 Å². The van der Waals surface area contributed by atoms with Crippen LogP contribution in [0.15, 0.2) is 12.1 Å². The van der Waals surface area contributed by atoms with E-state index < -0.39 is 17.5 Å². The van der Waals surface area contributed by atoms with Crippen molar-refractivity contribution >= 4 is 29.9 Å². The Labute approximate surface area is 121 Å². The summed E-state index contributed by atoms with van der Waals surface area (Å²) < 4.78 is 27.0. The molecular weight excluding hydrogens is 297 g/mol. The standard InChI is InChI=1S/C12H13ClF2N2O.ClH/c1-7-6-16-2-3-17(7)12(18)8-4-11(15)9(13)5-10(8)14;/h4-5,7,16H,2-3,6H2,1H3;1H. The van der Waals surface area contributed by atoms with Crippen LogP contribution in [-0.4, -0.2) is 36.5 Å². The highest BCUT2D eigenvalue weighted by molar-refractivity contribution is 6.30. The minimum atomic E-state index is -0.794. The molecule has 1 fully saturated rings. The first-order valence-corrected chi connectivity index (χ1v) is 6.04. The fraction of sp³-hybridized carbons (Fsp3) is 0.417. The van der Waals surface area contributed by atoms with Crippen molar-refractivity contribution in [1.82, 2.24) is 10.2 Å². The topological polar surface area (TPSA) is 32.3 Å². The van der Waals surface area contributed by atoms with Gasteiger partial charge in [0.05, 0.1) is 10.6 Å². The number of nitrogens with zero attached hydrogens (tertiary/aromatic N) is 1. The Bertz CT molecular complexity index is 485. The first-order chi connectivity index (χ1) is 8.50. The van der Waals surface area contributed by atoms with Gasteiger partial charge in [0.1, 0.15) is 11.6 Å². The molecule has 2 rings (SSSR count). The molecule has 19 heavy (non-hydrogen) atoms. The maximum atomic E-state index is 13.6. The van der Waals surface area contributed by atoms with E-state index in [0.29, 0.717) is 19.6 Å². The molecule has 1 aromatic rings. The largest absolute Gasteiger partial charge is 0.333 e. The van der Waals surface area contributed by atoms with E-state index in [2.05, 4.69) is 5.32 Å². The number of amides is 1. The lowest BCUT2D eigenvalue weighted by Crippen LogP contribution is -2.52. The first-order valence-electron chi connectivity index (χ1n) is 5.67. The summed E-state index contributed by atoms with van der Waals surface area (Å²) in [5.41, 5.74) is -0.273. The van der Waals surface area contributed by atoms with Gasteiger partial charge in [-0.3, -0.25) is 4.79 Å². The van der Waals surface area contributed by atoms with Gasteiger partial charge >= 0.3 is 0 Å². The van der Waals surface area contributed by atoms with E-state index >= 15 is 0 Å². The fourth-order valence-electron chi connectivity index (χ4n) is 1.98. The van der Waals surface area contributed by atoms with Gasteiger partial charge in [-0.25, -0.2) is 8.78 Å². The summed E-state index contributed by atoms with van der Waals surface area (Å²) in [6.07, 6.45) is 0. The van der Waals surface area contributed by atoms with Crippen LogP contribution in [0, 0.1) is 11.6 Å². The SMILES string of the molecule is CC1CNCCN1C(=O)c1cc(F)c(Cl)cc1F.Cl. The van der Waals surface area contributed by atoms with Crippen molar-refractivity contribution in [3.8, 4) is 0 Å². The van der Waals surface area contributed by atoms with Crippen molar-refractivity contribution in [2.75, 3.05) is 19.6 Å². The molecule has 3 nitrogen and oxygen atoms in total. The quantitative estimate of drug-likeness (QED) is 0.808. The van der Waals surface area contributed by atoms with E-state index in [1.807, 2.05) is 6.92 Å². The lowest BCUT2D eigenvalue weighted by Gasteiger charge is -2.34. The second-order valence-corrected chi connectivity index (χ2v) is 4.71. The lowest BCUT2D eigenvalue weighted by molar-refractivity contribution is 0.0650. The van der Waals surface area contributed by atoms with Gasteiger partial charge in [-0.1, -0.05) is 11.6 Å². The van der Waals surface area contributed by atoms with Crippen LogP contribution < -0.4 is 5.32 Å². The number of hydrogen-bond acceptors (Lipinski definition) is 2. The molecule has 1 amide bonds. The molecule has 1 N–H and O–H groups in total. The molecule has 0 aromatic heterocycles. The molecule has 1 aliphatic rings. The molecule has 1 aromatic carbocycles. The average Bonchev–Trinajstić information content (AvgIpc) is 2.33. The van der Waals surface area contributed by atoms with Crippen molar-refractivity contribution < 1.29 is 13.6 Å². The van der Waals surface area contributed by atoms with Gasteiger partial charge < -0.3 is 10.2 Å². The number of rotatable bonds is 1. The summed E-state index contributed by atoms with van der Waals surface area (Å²) in [5.74, 6) is -2.08. The Kier molecular flexibility index (Phi) is 5.52. The van der Waals surface area contributed by atoms with Crippen LogP contribution in [0.1, 0.15) is 17.3 Å². The van der Waals surface area contributed by atoms with Crippen LogP contribution in [0.2, 0.25) is 5.02 Å². The minimum Gasteiger partial charge on any atom is -0.333 e. The van der Waals surface area contributed by atoms with Crippen molar-refractivity contribution in [2.24, 2.45) is 0 Å². The Morgan fingerprint density at radius 1 is 1.42 bits per heavy atom. The Balaban J connectivity index is 0.00000180. The second-order valence-electron chi connectivity index (χ2n) is 4.30. The van der Waals surface area contributed by atoms with Gasteiger partial charge in [0, 0.05) is 25.7 Å². The number of benzene rings is 1. The fourth-order valence-corrected chi connectivity index (χ4v) is 2.13. The number of piperazine rings is 1. The number of hydrogen-bond donors (Lipinski definition) is 1. The molecule has 0 aliphatic carbocycles. The van der Waals surface area contributed by atoms with Gasteiger partial charge in [-0.05, 0) is 19.1 Å². The van der Waals surface area contributed by atoms with E-state index in [1.54, 1.807) is 0 Å². The van der Waals surface area contributed by atoms with Gasteiger partial charge in [0.25, 0.3) is 5.91 Å². The van der Waals surface area contributed by atoms with E-state index in [0.717, 1.165) is 12.1 Å². The van der Waals surface area contributed by atoms with Crippen LogP contribution in [0.4, 0.5) is 8.78 Å². The molecule has 0 spiro atoms. The second kappa shape index (κ2) is 6.50. The molecule has 1 saturated heterocycles.